The molecule has 21 heavy (non-hydrogen) atoms. The third-order valence-corrected chi connectivity index (χ3v) is 4.51. The van der Waals surface area contributed by atoms with Gasteiger partial charge < -0.3 is 9.67 Å². The number of carbonyl (C=O) groups is 1. The quantitative estimate of drug-likeness (QED) is 0.796. The number of nitrogens with zero attached hydrogens (tertiary/aromatic N) is 2. The Kier molecular flexibility index (Phi) is 4.09. The van der Waals surface area contributed by atoms with E-state index < -0.39 is 5.97 Å². The number of carboxylic acid groups (broad SMARTS) is 1. The van der Waals surface area contributed by atoms with E-state index in [-0.39, 0.29) is 6.42 Å². The molecule has 0 radical (unpaired) electrons. The molecule has 0 atom stereocenters. The number of aryl methyl sites for hydroxylation is 1. The van der Waals surface area contributed by atoms with E-state index in [0.29, 0.717) is 22.4 Å². The average molecular weight is 327 g/mol. The molecular weight excluding hydrogens is 311 g/mol. The third-order valence-electron chi connectivity index (χ3n) is 3.78. The monoisotopic (exact) mass is 326 g/mol. The van der Waals surface area contributed by atoms with Crippen LogP contribution in [0.3, 0.4) is 0 Å². The summed E-state index contributed by atoms with van der Waals surface area (Å²) in [5.41, 5.74) is 1.85. The van der Waals surface area contributed by atoms with Gasteiger partial charge in [0.05, 0.1) is 21.1 Å². The lowest BCUT2D eigenvalue weighted by molar-refractivity contribution is -0.137. The fraction of sp³-hybridized carbons (Fsp3) is 0.467. The van der Waals surface area contributed by atoms with Crippen LogP contribution < -0.4 is 0 Å². The summed E-state index contributed by atoms with van der Waals surface area (Å²) in [6.07, 6.45) is 4.02. The highest BCUT2D eigenvalue weighted by Gasteiger charge is 2.29. The summed E-state index contributed by atoms with van der Waals surface area (Å²) in [7, 11) is 0. The fourth-order valence-corrected chi connectivity index (χ4v) is 2.89. The van der Waals surface area contributed by atoms with Crippen LogP contribution in [0.2, 0.25) is 10.0 Å². The zero-order chi connectivity index (χ0) is 15.0. The number of hydrogen-bond acceptors (Lipinski definition) is 2. The van der Waals surface area contributed by atoms with Gasteiger partial charge in [-0.05, 0) is 37.8 Å². The molecule has 1 fully saturated rings. The topological polar surface area (TPSA) is 55.1 Å². The van der Waals surface area contributed by atoms with Crippen molar-refractivity contribution in [2.75, 3.05) is 0 Å². The molecule has 1 aliphatic rings. The van der Waals surface area contributed by atoms with E-state index in [2.05, 4.69) is 4.57 Å². The molecule has 6 heteroatoms. The van der Waals surface area contributed by atoms with Gasteiger partial charge in [-0.25, -0.2) is 4.98 Å². The second-order valence-electron chi connectivity index (χ2n) is 5.50. The third kappa shape index (κ3) is 3.16. The first-order valence-corrected chi connectivity index (χ1v) is 7.89. The first-order chi connectivity index (χ1) is 10.1. The molecule has 2 aromatic rings. The average Bonchev–Trinajstić information content (AvgIpc) is 3.20. The number of aromatic nitrogens is 2. The molecule has 1 N–H and O–H groups in total. The van der Waals surface area contributed by atoms with E-state index in [1.807, 2.05) is 6.07 Å². The molecule has 1 aliphatic carbocycles. The minimum Gasteiger partial charge on any atom is -0.481 e. The number of carboxylic acids is 1. The van der Waals surface area contributed by atoms with Crippen LogP contribution in [0.15, 0.2) is 12.1 Å². The smallest absolute Gasteiger partial charge is 0.303 e. The Morgan fingerprint density at radius 3 is 2.67 bits per heavy atom. The summed E-state index contributed by atoms with van der Waals surface area (Å²) in [4.78, 5) is 15.3. The molecule has 0 bridgehead atoms. The van der Waals surface area contributed by atoms with Crippen molar-refractivity contribution in [3.8, 4) is 0 Å². The number of hydrogen-bond donors (Lipinski definition) is 1. The van der Waals surface area contributed by atoms with Crippen molar-refractivity contribution in [2.45, 2.75) is 44.6 Å². The normalized spacial score (nSPS) is 14.8. The molecular formula is C15H16Cl2N2O2. The van der Waals surface area contributed by atoms with Crippen LogP contribution >= 0.6 is 23.2 Å². The van der Waals surface area contributed by atoms with Crippen LogP contribution in [-0.4, -0.2) is 20.6 Å². The standard InChI is InChI=1S/C15H16Cl2N2O2/c16-10-7-12-13(8-11(10)17)19(6-2-1-3-14(20)21)15(18-12)9-4-5-9/h7-9H,1-6H2,(H,20,21). The fourth-order valence-electron chi connectivity index (χ4n) is 2.57. The molecule has 1 heterocycles. The molecule has 0 amide bonds. The second kappa shape index (κ2) is 5.85. The minimum absolute atomic E-state index is 0.206. The lowest BCUT2D eigenvalue weighted by Crippen LogP contribution is -2.04. The molecule has 1 saturated carbocycles. The summed E-state index contributed by atoms with van der Waals surface area (Å²) in [5.74, 6) is 0.857. The summed E-state index contributed by atoms with van der Waals surface area (Å²) in [6, 6.07) is 3.66. The Labute approximate surface area is 132 Å². The Morgan fingerprint density at radius 2 is 2.00 bits per heavy atom. The van der Waals surface area contributed by atoms with Crippen LogP contribution in [0.1, 0.15) is 43.8 Å². The van der Waals surface area contributed by atoms with Gasteiger partial charge in [0.2, 0.25) is 0 Å². The van der Waals surface area contributed by atoms with Gasteiger partial charge in [0.25, 0.3) is 0 Å². The summed E-state index contributed by atoms with van der Waals surface area (Å²) >= 11 is 12.2. The van der Waals surface area contributed by atoms with Gasteiger partial charge in [-0.2, -0.15) is 0 Å². The van der Waals surface area contributed by atoms with Crippen molar-refractivity contribution in [1.82, 2.24) is 9.55 Å². The van der Waals surface area contributed by atoms with Gasteiger partial charge in [0.15, 0.2) is 0 Å². The van der Waals surface area contributed by atoms with Gasteiger partial charge >= 0.3 is 5.97 Å². The number of aliphatic carboxylic acids is 1. The van der Waals surface area contributed by atoms with Gasteiger partial charge in [0.1, 0.15) is 5.82 Å². The van der Waals surface area contributed by atoms with E-state index in [1.165, 1.54) is 12.8 Å². The molecule has 1 aromatic carbocycles. The minimum atomic E-state index is -0.747. The van der Waals surface area contributed by atoms with Gasteiger partial charge in [-0.1, -0.05) is 23.2 Å². The Morgan fingerprint density at radius 1 is 1.29 bits per heavy atom. The van der Waals surface area contributed by atoms with Crippen molar-refractivity contribution in [2.24, 2.45) is 0 Å². The maximum atomic E-state index is 10.6. The van der Waals surface area contributed by atoms with Gasteiger partial charge in [0, 0.05) is 18.9 Å². The Balaban J connectivity index is 1.88. The van der Waals surface area contributed by atoms with Crippen molar-refractivity contribution in [1.29, 1.82) is 0 Å². The predicted octanol–water partition coefficient (Wildman–Crippen LogP) is 4.48. The molecule has 0 unspecified atom stereocenters. The van der Waals surface area contributed by atoms with E-state index in [4.69, 9.17) is 33.3 Å². The number of fused-ring (bicyclic) bond motifs is 1. The number of benzene rings is 1. The number of imidazole rings is 1. The second-order valence-corrected chi connectivity index (χ2v) is 6.32. The first kappa shape index (κ1) is 14.7. The number of rotatable bonds is 6. The van der Waals surface area contributed by atoms with E-state index >= 15 is 0 Å². The molecule has 112 valence electrons. The Hall–Kier alpha value is -1.26. The van der Waals surface area contributed by atoms with Crippen LogP contribution in [0.25, 0.3) is 11.0 Å². The van der Waals surface area contributed by atoms with Gasteiger partial charge in [-0.3, -0.25) is 4.79 Å². The number of unbranched alkanes of at least 4 members (excludes halogenated alkanes) is 1. The molecule has 0 saturated heterocycles. The van der Waals surface area contributed by atoms with Crippen LogP contribution in [-0.2, 0) is 11.3 Å². The summed E-state index contributed by atoms with van der Waals surface area (Å²) < 4.78 is 2.18. The first-order valence-electron chi connectivity index (χ1n) is 7.13. The zero-order valence-corrected chi connectivity index (χ0v) is 13.0. The molecule has 0 spiro atoms. The van der Waals surface area contributed by atoms with Crippen molar-refractivity contribution < 1.29 is 9.90 Å². The largest absolute Gasteiger partial charge is 0.481 e. The van der Waals surface area contributed by atoms with Gasteiger partial charge in [-0.15, -0.1) is 0 Å². The number of halogens is 2. The van der Waals surface area contributed by atoms with Crippen molar-refractivity contribution >= 4 is 40.2 Å². The highest BCUT2D eigenvalue weighted by atomic mass is 35.5. The Bertz CT molecular complexity index is 693. The predicted molar refractivity (Wildman–Crippen MR) is 83.2 cm³/mol. The van der Waals surface area contributed by atoms with Crippen molar-refractivity contribution in [3.05, 3.63) is 28.0 Å². The lowest BCUT2D eigenvalue weighted by atomic mass is 10.2. The van der Waals surface area contributed by atoms with Crippen LogP contribution in [0.4, 0.5) is 0 Å². The lowest BCUT2D eigenvalue weighted by Gasteiger charge is -2.08. The zero-order valence-electron chi connectivity index (χ0n) is 11.5. The van der Waals surface area contributed by atoms with E-state index in [0.717, 1.165) is 29.8 Å². The summed E-state index contributed by atoms with van der Waals surface area (Å²) in [6.45, 7) is 0.771. The van der Waals surface area contributed by atoms with Crippen LogP contribution in [0, 0.1) is 0 Å². The van der Waals surface area contributed by atoms with Crippen molar-refractivity contribution in [3.63, 3.8) is 0 Å². The maximum absolute atomic E-state index is 10.6. The SMILES string of the molecule is O=C(O)CCCCn1c(C2CC2)nc2cc(Cl)c(Cl)cc21. The molecule has 4 nitrogen and oxygen atoms in total. The molecule has 0 aliphatic heterocycles. The maximum Gasteiger partial charge on any atom is 0.303 e. The van der Waals surface area contributed by atoms with Crippen LogP contribution in [0.5, 0.6) is 0 Å². The molecule has 3 rings (SSSR count). The van der Waals surface area contributed by atoms with E-state index in [1.54, 1.807) is 6.07 Å². The molecule has 1 aromatic heterocycles. The highest BCUT2D eigenvalue weighted by Crippen LogP contribution is 2.41. The summed E-state index contributed by atoms with van der Waals surface area (Å²) in [5, 5.41) is 9.75. The highest BCUT2D eigenvalue weighted by molar-refractivity contribution is 6.42. The van der Waals surface area contributed by atoms with E-state index in [9.17, 15) is 4.79 Å².